The molecule has 2 N–H and O–H groups in total. The predicted molar refractivity (Wildman–Crippen MR) is 93.1 cm³/mol. The monoisotopic (exact) mass is 348 g/mol. The maximum Gasteiger partial charge on any atom is 0.125 e. The number of aldehydes is 1. The number of ether oxygens (including phenoxy) is 3. The van der Waals surface area contributed by atoms with Gasteiger partial charge in [0.05, 0.1) is 52.4 Å². The van der Waals surface area contributed by atoms with Crippen LogP contribution in [0.2, 0.25) is 0 Å². The smallest absolute Gasteiger partial charge is 0.125 e. The van der Waals surface area contributed by atoms with Gasteiger partial charge in [-0.3, -0.25) is 0 Å². The number of carbonyl (C=O) groups is 1. The SMILES string of the molecule is CCCCCCCCC(C=O)C(CO)OCCOCCOCCO. The van der Waals surface area contributed by atoms with Gasteiger partial charge in [-0.25, -0.2) is 0 Å². The standard InChI is InChI=1S/C18H36O6/c1-2-3-4-5-6-7-8-17(15-20)18(16-21)24-14-13-23-12-11-22-10-9-19/h15,17-19,21H,2-14,16H2,1H3. The molecule has 24 heavy (non-hydrogen) atoms. The number of hydrogen-bond acceptors (Lipinski definition) is 6. The van der Waals surface area contributed by atoms with Gasteiger partial charge in [0.15, 0.2) is 0 Å². The molecule has 0 saturated heterocycles. The van der Waals surface area contributed by atoms with Crippen LogP contribution in [0.1, 0.15) is 51.9 Å². The van der Waals surface area contributed by atoms with Gasteiger partial charge in [-0.2, -0.15) is 0 Å². The second-order valence-corrected chi connectivity index (χ2v) is 5.90. The Labute approximate surface area is 146 Å². The molecule has 0 bridgehead atoms. The summed E-state index contributed by atoms with van der Waals surface area (Å²) in [6.07, 6.45) is 8.28. The molecule has 0 aromatic heterocycles. The van der Waals surface area contributed by atoms with Crippen LogP contribution in [0.5, 0.6) is 0 Å². The van der Waals surface area contributed by atoms with Gasteiger partial charge in [0.1, 0.15) is 6.29 Å². The van der Waals surface area contributed by atoms with Crippen molar-refractivity contribution in [2.24, 2.45) is 5.92 Å². The summed E-state index contributed by atoms with van der Waals surface area (Å²) in [4.78, 5) is 11.2. The van der Waals surface area contributed by atoms with Crippen molar-refractivity contribution in [2.75, 3.05) is 46.2 Å². The summed E-state index contributed by atoms with van der Waals surface area (Å²) in [6, 6.07) is 0. The van der Waals surface area contributed by atoms with Gasteiger partial charge in [-0.15, -0.1) is 0 Å². The molecule has 0 amide bonds. The first-order valence-electron chi connectivity index (χ1n) is 9.24. The molecule has 0 radical (unpaired) electrons. The van der Waals surface area contributed by atoms with Crippen LogP contribution in [0.4, 0.5) is 0 Å². The van der Waals surface area contributed by atoms with E-state index in [1.807, 2.05) is 0 Å². The molecular formula is C18H36O6. The van der Waals surface area contributed by atoms with E-state index in [1.165, 1.54) is 25.7 Å². The summed E-state index contributed by atoms with van der Waals surface area (Å²) < 4.78 is 16.0. The fourth-order valence-electron chi connectivity index (χ4n) is 2.46. The van der Waals surface area contributed by atoms with E-state index in [0.717, 1.165) is 25.5 Å². The highest BCUT2D eigenvalue weighted by Gasteiger charge is 2.20. The van der Waals surface area contributed by atoms with Gasteiger partial charge in [-0.05, 0) is 6.42 Å². The van der Waals surface area contributed by atoms with Crippen LogP contribution in [-0.2, 0) is 19.0 Å². The highest BCUT2D eigenvalue weighted by atomic mass is 16.5. The molecule has 0 heterocycles. The first-order chi connectivity index (χ1) is 11.8. The minimum Gasteiger partial charge on any atom is -0.394 e. The zero-order valence-electron chi connectivity index (χ0n) is 15.2. The number of aliphatic hydroxyl groups is 2. The summed E-state index contributed by atoms with van der Waals surface area (Å²) in [7, 11) is 0. The van der Waals surface area contributed by atoms with Gasteiger partial charge in [0, 0.05) is 5.92 Å². The lowest BCUT2D eigenvalue weighted by atomic mass is 9.96. The molecule has 0 aromatic carbocycles. The number of rotatable bonds is 19. The average Bonchev–Trinajstić information content (AvgIpc) is 2.61. The molecule has 2 unspecified atom stereocenters. The molecule has 0 aliphatic carbocycles. The van der Waals surface area contributed by atoms with E-state index in [1.54, 1.807) is 0 Å². The van der Waals surface area contributed by atoms with Crippen molar-refractivity contribution < 1.29 is 29.2 Å². The average molecular weight is 348 g/mol. The minimum atomic E-state index is -0.451. The van der Waals surface area contributed by atoms with Gasteiger partial charge < -0.3 is 29.2 Å². The van der Waals surface area contributed by atoms with E-state index < -0.39 is 6.10 Å². The van der Waals surface area contributed by atoms with E-state index in [2.05, 4.69) is 6.92 Å². The molecule has 6 nitrogen and oxygen atoms in total. The quantitative estimate of drug-likeness (QED) is 0.274. The maximum absolute atomic E-state index is 11.2. The Bertz CT molecular complexity index is 262. The second kappa shape index (κ2) is 18.8. The van der Waals surface area contributed by atoms with Crippen LogP contribution in [-0.4, -0.2) is 68.9 Å². The molecule has 0 aromatic rings. The largest absolute Gasteiger partial charge is 0.394 e. The van der Waals surface area contributed by atoms with E-state index in [-0.39, 0.29) is 19.1 Å². The van der Waals surface area contributed by atoms with Crippen LogP contribution >= 0.6 is 0 Å². The Balaban J connectivity index is 3.71. The summed E-state index contributed by atoms with van der Waals surface area (Å²) in [6.45, 7) is 3.95. The normalized spacial score (nSPS) is 13.8. The van der Waals surface area contributed by atoms with Crippen molar-refractivity contribution in [1.82, 2.24) is 0 Å². The van der Waals surface area contributed by atoms with E-state index in [0.29, 0.717) is 33.0 Å². The van der Waals surface area contributed by atoms with Crippen molar-refractivity contribution in [3.63, 3.8) is 0 Å². The Hall–Kier alpha value is -0.530. The van der Waals surface area contributed by atoms with E-state index in [4.69, 9.17) is 19.3 Å². The van der Waals surface area contributed by atoms with Crippen LogP contribution in [0, 0.1) is 5.92 Å². The lowest BCUT2D eigenvalue weighted by molar-refractivity contribution is -0.119. The van der Waals surface area contributed by atoms with Gasteiger partial charge in [0.2, 0.25) is 0 Å². The Morgan fingerprint density at radius 3 is 2.12 bits per heavy atom. The fourth-order valence-corrected chi connectivity index (χ4v) is 2.46. The van der Waals surface area contributed by atoms with E-state index in [9.17, 15) is 9.90 Å². The number of hydrogen-bond donors (Lipinski definition) is 2. The molecule has 0 saturated carbocycles. The first-order valence-corrected chi connectivity index (χ1v) is 9.24. The highest BCUT2D eigenvalue weighted by Crippen LogP contribution is 2.16. The zero-order valence-corrected chi connectivity index (χ0v) is 15.2. The number of unbranched alkanes of at least 4 members (excludes halogenated alkanes) is 5. The highest BCUT2D eigenvalue weighted by molar-refractivity contribution is 5.54. The third-order valence-corrected chi connectivity index (χ3v) is 3.89. The van der Waals surface area contributed by atoms with Crippen LogP contribution in [0.15, 0.2) is 0 Å². The fraction of sp³-hybridized carbons (Fsp3) is 0.944. The van der Waals surface area contributed by atoms with Crippen LogP contribution in [0.3, 0.4) is 0 Å². The molecule has 0 aliphatic heterocycles. The first kappa shape index (κ1) is 23.5. The molecule has 0 rings (SSSR count). The lowest BCUT2D eigenvalue weighted by Crippen LogP contribution is -2.30. The predicted octanol–water partition coefficient (Wildman–Crippen LogP) is 1.96. The van der Waals surface area contributed by atoms with Crippen molar-refractivity contribution in [2.45, 2.75) is 58.0 Å². The Morgan fingerprint density at radius 1 is 0.875 bits per heavy atom. The molecule has 0 fully saturated rings. The summed E-state index contributed by atoms with van der Waals surface area (Å²) in [5, 5.41) is 18.0. The lowest BCUT2D eigenvalue weighted by Gasteiger charge is -2.21. The van der Waals surface area contributed by atoms with Crippen LogP contribution in [0.25, 0.3) is 0 Å². The molecule has 0 aliphatic rings. The molecule has 2 atom stereocenters. The van der Waals surface area contributed by atoms with Crippen molar-refractivity contribution in [1.29, 1.82) is 0 Å². The molecule has 6 heteroatoms. The third-order valence-electron chi connectivity index (χ3n) is 3.89. The minimum absolute atomic E-state index is 0.00692. The molecular weight excluding hydrogens is 312 g/mol. The number of carbonyl (C=O) groups excluding carboxylic acids is 1. The summed E-state index contributed by atoms with van der Waals surface area (Å²) >= 11 is 0. The van der Waals surface area contributed by atoms with Gasteiger partial charge in [-0.1, -0.05) is 45.4 Å². The second-order valence-electron chi connectivity index (χ2n) is 5.90. The van der Waals surface area contributed by atoms with Crippen molar-refractivity contribution >= 4 is 6.29 Å². The van der Waals surface area contributed by atoms with Gasteiger partial charge >= 0.3 is 0 Å². The van der Waals surface area contributed by atoms with Crippen molar-refractivity contribution in [3.05, 3.63) is 0 Å². The summed E-state index contributed by atoms with van der Waals surface area (Å²) in [5.41, 5.74) is 0. The zero-order chi connectivity index (χ0) is 17.9. The third kappa shape index (κ3) is 13.9. The number of aliphatic hydroxyl groups excluding tert-OH is 2. The molecule has 144 valence electrons. The van der Waals surface area contributed by atoms with Gasteiger partial charge in [0.25, 0.3) is 0 Å². The van der Waals surface area contributed by atoms with Crippen molar-refractivity contribution in [3.8, 4) is 0 Å². The topological polar surface area (TPSA) is 85.2 Å². The Kier molecular flexibility index (Phi) is 18.4. The summed E-state index contributed by atoms with van der Waals surface area (Å²) in [5.74, 6) is -0.255. The van der Waals surface area contributed by atoms with E-state index >= 15 is 0 Å². The molecule has 0 spiro atoms. The maximum atomic E-state index is 11.2. The Morgan fingerprint density at radius 2 is 1.50 bits per heavy atom. The van der Waals surface area contributed by atoms with Crippen LogP contribution < -0.4 is 0 Å².